The Balaban J connectivity index is 2.42. The highest BCUT2D eigenvalue weighted by Gasteiger charge is 2.27. The van der Waals surface area contributed by atoms with Crippen molar-refractivity contribution >= 4 is 39.1 Å². The van der Waals surface area contributed by atoms with Gasteiger partial charge in [-0.25, -0.2) is 8.78 Å². The first-order valence-corrected chi connectivity index (χ1v) is 7.63. The Morgan fingerprint density at radius 3 is 2.48 bits per heavy atom. The van der Waals surface area contributed by atoms with E-state index < -0.39 is 11.4 Å². The minimum absolute atomic E-state index is 0.0634. The number of rotatable bonds is 3. The lowest BCUT2D eigenvalue weighted by molar-refractivity contribution is 0.484. The van der Waals surface area contributed by atoms with Gasteiger partial charge in [0.05, 0.1) is 5.02 Å². The highest BCUT2D eigenvalue weighted by atomic mass is 79.9. The molecule has 0 aliphatic rings. The molecule has 0 radical (unpaired) electrons. The molecule has 1 unspecified atom stereocenters. The van der Waals surface area contributed by atoms with Crippen molar-refractivity contribution in [2.24, 2.45) is 5.73 Å². The van der Waals surface area contributed by atoms with Gasteiger partial charge >= 0.3 is 0 Å². The van der Waals surface area contributed by atoms with E-state index in [0.29, 0.717) is 11.1 Å². The molecule has 2 aromatic carbocycles. The summed E-state index contributed by atoms with van der Waals surface area (Å²) >= 11 is 15.1. The van der Waals surface area contributed by atoms with Gasteiger partial charge in [-0.2, -0.15) is 0 Å². The van der Waals surface area contributed by atoms with Crippen LogP contribution in [0.2, 0.25) is 10.0 Å². The smallest absolute Gasteiger partial charge is 0.142 e. The van der Waals surface area contributed by atoms with E-state index in [1.54, 1.807) is 13.0 Å². The summed E-state index contributed by atoms with van der Waals surface area (Å²) in [6.45, 7) is 1.71. The monoisotopic (exact) mass is 393 g/mol. The lowest BCUT2D eigenvalue weighted by Gasteiger charge is -2.27. The molecule has 112 valence electrons. The van der Waals surface area contributed by atoms with Crippen LogP contribution in [0.25, 0.3) is 0 Å². The van der Waals surface area contributed by atoms with Crippen LogP contribution < -0.4 is 5.73 Å². The predicted molar refractivity (Wildman–Crippen MR) is 85.8 cm³/mol. The molecule has 0 heterocycles. The van der Waals surface area contributed by atoms with E-state index in [0.717, 1.165) is 4.47 Å². The Bertz CT molecular complexity index is 690. The summed E-state index contributed by atoms with van der Waals surface area (Å²) in [5.74, 6) is -0.955. The third kappa shape index (κ3) is 3.75. The van der Waals surface area contributed by atoms with Crippen molar-refractivity contribution in [2.45, 2.75) is 18.9 Å². The fourth-order valence-corrected chi connectivity index (χ4v) is 3.12. The second-order valence-electron chi connectivity index (χ2n) is 5.08. The molecule has 0 aromatic heterocycles. The van der Waals surface area contributed by atoms with Gasteiger partial charge < -0.3 is 5.73 Å². The van der Waals surface area contributed by atoms with Crippen molar-refractivity contribution in [1.82, 2.24) is 0 Å². The lowest BCUT2D eigenvalue weighted by Crippen LogP contribution is -2.36. The lowest BCUT2D eigenvalue weighted by atomic mass is 9.86. The number of hydrogen-bond donors (Lipinski definition) is 1. The summed E-state index contributed by atoms with van der Waals surface area (Å²) in [6, 6.07) is 6.87. The molecule has 0 saturated heterocycles. The van der Waals surface area contributed by atoms with Crippen LogP contribution in [0.5, 0.6) is 0 Å². The first kappa shape index (κ1) is 16.7. The zero-order valence-electron chi connectivity index (χ0n) is 11.1. The molecule has 0 amide bonds. The molecule has 21 heavy (non-hydrogen) atoms. The standard InChI is InChI=1S/C15H12BrCl2F2N/c1-15(21,7-8-4-9(19)2-3-11(8)16)10-5-14(20)13(18)6-12(10)17/h2-6H,7,21H2,1H3. The minimum atomic E-state index is -0.973. The van der Waals surface area contributed by atoms with E-state index in [1.165, 1.54) is 24.3 Å². The van der Waals surface area contributed by atoms with E-state index in [1.807, 2.05) is 0 Å². The summed E-state index contributed by atoms with van der Waals surface area (Å²) in [5, 5.41) is 0.213. The van der Waals surface area contributed by atoms with E-state index in [-0.39, 0.29) is 22.3 Å². The van der Waals surface area contributed by atoms with Gasteiger partial charge in [0.1, 0.15) is 11.6 Å². The summed E-state index contributed by atoms with van der Waals surface area (Å²) < 4.78 is 27.7. The van der Waals surface area contributed by atoms with Crippen molar-refractivity contribution in [3.8, 4) is 0 Å². The van der Waals surface area contributed by atoms with Crippen LogP contribution in [0.4, 0.5) is 8.78 Å². The van der Waals surface area contributed by atoms with Crippen LogP contribution in [0, 0.1) is 11.6 Å². The Hall–Kier alpha value is -0.680. The second-order valence-corrected chi connectivity index (χ2v) is 6.74. The van der Waals surface area contributed by atoms with Gasteiger partial charge in [0.2, 0.25) is 0 Å². The fourth-order valence-electron chi connectivity index (χ4n) is 2.13. The van der Waals surface area contributed by atoms with Crippen molar-refractivity contribution in [2.75, 3.05) is 0 Å². The SMILES string of the molecule is CC(N)(Cc1cc(F)ccc1Br)c1cc(F)c(Cl)cc1Cl. The molecule has 1 atom stereocenters. The van der Waals surface area contributed by atoms with Gasteiger partial charge in [-0.05, 0) is 54.8 Å². The normalized spacial score (nSPS) is 14.0. The molecule has 2 aromatic rings. The van der Waals surface area contributed by atoms with Gasteiger partial charge in [-0.1, -0.05) is 39.1 Å². The van der Waals surface area contributed by atoms with E-state index in [9.17, 15) is 8.78 Å². The summed E-state index contributed by atoms with van der Waals surface area (Å²) in [7, 11) is 0. The van der Waals surface area contributed by atoms with Crippen LogP contribution >= 0.6 is 39.1 Å². The number of halogens is 5. The third-order valence-electron chi connectivity index (χ3n) is 3.19. The summed E-state index contributed by atoms with van der Waals surface area (Å²) in [4.78, 5) is 0. The van der Waals surface area contributed by atoms with Crippen molar-refractivity contribution < 1.29 is 8.78 Å². The molecule has 0 saturated carbocycles. The average molecular weight is 395 g/mol. The first-order chi connectivity index (χ1) is 9.70. The Morgan fingerprint density at radius 2 is 1.81 bits per heavy atom. The van der Waals surface area contributed by atoms with E-state index in [2.05, 4.69) is 15.9 Å². The molecule has 2 rings (SSSR count). The molecular weight excluding hydrogens is 383 g/mol. The van der Waals surface area contributed by atoms with Crippen LogP contribution in [0.1, 0.15) is 18.1 Å². The molecule has 2 N–H and O–H groups in total. The topological polar surface area (TPSA) is 26.0 Å². The zero-order chi connectivity index (χ0) is 15.8. The van der Waals surface area contributed by atoms with Crippen LogP contribution in [0.15, 0.2) is 34.8 Å². The fraction of sp³-hybridized carbons (Fsp3) is 0.200. The Morgan fingerprint density at radius 1 is 1.14 bits per heavy atom. The van der Waals surface area contributed by atoms with Crippen molar-refractivity contribution in [3.05, 3.63) is 67.6 Å². The number of hydrogen-bond acceptors (Lipinski definition) is 1. The maximum Gasteiger partial charge on any atom is 0.142 e. The van der Waals surface area contributed by atoms with Gasteiger partial charge in [0.15, 0.2) is 0 Å². The highest BCUT2D eigenvalue weighted by Crippen LogP contribution is 2.34. The summed E-state index contributed by atoms with van der Waals surface area (Å²) in [5.41, 5.74) is 6.39. The average Bonchev–Trinajstić information content (AvgIpc) is 2.37. The molecule has 0 bridgehead atoms. The van der Waals surface area contributed by atoms with E-state index >= 15 is 0 Å². The maximum absolute atomic E-state index is 13.7. The van der Waals surface area contributed by atoms with Crippen LogP contribution in [-0.4, -0.2) is 0 Å². The largest absolute Gasteiger partial charge is 0.321 e. The molecule has 0 spiro atoms. The molecule has 6 heteroatoms. The quantitative estimate of drug-likeness (QED) is 0.688. The van der Waals surface area contributed by atoms with Gasteiger partial charge in [-0.15, -0.1) is 0 Å². The van der Waals surface area contributed by atoms with Crippen molar-refractivity contribution in [3.63, 3.8) is 0 Å². The number of benzene rings is 2. The van der Waals surface area contributed by atoms with Crippen LogP contribution in [-0.2, 0) is 12.0 Å². The maximum atomic E-state index is 13.7. The molecular formula is C15H12BrCl2F2N. The Kier molecular flexibility index (Phi) is 4.93. The van der Waals surface area contributed by atoms with Gasteiger partial charge in [0.25, 0.3) is 0 Å². The van der Waals surface area contributed by atoms with Crippen molar-refractivity contribution in [1.29, 1.82) is 0 Å². The highest BCUT2D eigenvalue weighted by molar-refractivity contribution is 9.10. The first-order valence-electron chi connectivity index (χ1n) is 6.08. The second kappa shape index (κ2) is 6.21. The minimum Gasteiger partial charge on any atom is -0.321 e. The van der Waals surface area contributed by atoms with Gasteiger partial charge in [0, 0.05) is 15.0 Å². The molecule has 0 aliphatic heterocycles. The van der Waals surface area contributed by atoms with Gasteiger partial charge in [-0.3, -0.25) is 0 Å². The molecule has 0 fully saturated rings. The number of nitrogens with two attached hydrogens (primary N) is 1. The predicted octanol–water partition coefficient (Wildman–Crippen LogP) is 5.45. The summed E-state index contributed by atoms with van der Waals surface area (Å²) in [6.07, 6.45) is 0.284. The zero-order valence-corrected chi connectivity index (χ0v) is 14.2. The van der Waals surface area contributed by atoms with E-state index in [4.69, 9.17) is 28.9 Å². The molecule has 1 nitrogen and oxygen atoms in total. The molecule has 0 aliphatic carbocycles. The van der Waals surface area contributed by atoms with Crippen LogP contribution in [0.3, 0.4) is 0 Å². The Labute approximate surface area is 140 Å². The third-order valence-corrected chi connectivity index (χ3v) is 4.57.